The number of halogens is 1. The highest BCUT2D eigenvalue weighted by atomic mass is 35.5. The minimum absolute atomic E-state index is 0.774. The van der Waals surface area contributed by atoms with Gasteiger partial charge in [0, 0.05) is 16.4 Å². The Bertz CT molecular complexity index is 414. The third kappa shape index (κ3) is 1.83. The first-order valence-electron chi connectivity index (χ1n) is 4.73. The molecular formula is C12H12ClN. The first-order valence-corrected chi connectivity index (χ1v) is 5.11. The fourth-order valence-electron chi connectivity index (χ4n) is 1.44. The Morgan fingerprint density at radius 3 is 2.36 bits per heavy atom. The predicted octanol–water partition coefficient (Wildman–Crippen LogP) is 3.90. The van der Waals surface area contributed by atoms with Crippen molar-refractivity contribution in [1.29, 1.82) is 0 Å². The zero-order valence-corrected chi connectivity index (χ0v) is 8.81. The second kappa shape index (κ2) is 3.89. The summed E-state index contributed by atoms with van der Waals surface area (Å²) < 4.78 is 0. The number of benzene rings is 1. The summed E-state index contributed by atoms with van der Waals surface area (Å²) in [5.41, 5.74) is 3.59. The van der Waals surface area contributed by atoms with E-state index in [-0.39, 0.29) is 0 Å². The lowest BCUT2D eigenvalue weighted by molar-refractivity contribution is 1.07. The van der Waals surface area contributed by atoms with Gasteiger partial charge in [-0.2, -0.15) is 0 Å². The number of aromatic amines is 1. The van der Waals surface area contributed by atoms with Gasteiger partial charge in [-0.3, -0.25) is 0 Å². The Hall–Kier alpha value is -1.21. The molecule has 0 saturated heterocycles. The normalized spacial score (nSPS) is 10.4. The molecule has 2 rings (SSSR count). The highest BCUT2D eigenvalue weighted by Crippen LogP contribution is 2.20. The van der Waals surface area contributed by atoms with E-state index in [1.165, 1.54) is 11.3 Å². The second-order valence-corrected chi connectivity index (χ2v) is 3.69. The van der Waals surface area contributed by atoms with E-state index < -0.39 is 0 Å². The van der Waals surface area contributed by atoms with Crippen LogP contribution in [0.5, 0.6) is 0 Å². The minimum atomic E-state index is 0.774. The quantitative estimate of drug-likeness (QED) is 0.766. The van der Waals surface area contributed by atoms with Gasteiger partial charge in [-0.05, 0) is 36.2 Å². The first kappa shape index (κ1) is 9.35. The average Bonchev–Trinajstić information content (AvgIpc) is 2.67. The number of aromatic nitrogens is 1. The first-order chi connectivity index (χ1) is 6.79. The number of aryl methyl sites for hydroxylation is 1. The van der Waals surface area contributed by atoms with E-state index >= 15 is 0 Å². The molecule has 0 saturated carbocycles. The largest absolute Gasteiger partial charge is 0.358 e. The highest BCUT2D eigenvalue weighted by Gasteiger charge is 1.99. The van der Waals surface area contributed by atoms with E-state index in [0.29, 0.717) is 0 Å². The van der Waals surface area contributed by atoms with Crippen molar-refractivity contribution in [3.05, 3.63) is 47.1 Å². The van der Waals surface area contributed by atoms with Gasteiger partial charge in [0.15, 0.2) is 0 Å². The summed E-state index contributed by atoms with van der Waals surface area (Å²) in [6, 6.07) is 12.1. The lowest BCUT2D eigenvalue weighted by atomic mass is 10.2. The molecule has 1 aromatic heterocycles. The van der Waals surface area contributed by atoms with Crippen LogP contribution in [-0.2, 0) is 6.42 Å². The van der Waals surface area contributed by atoms with E-state index in [9.17, 15) is 0 Å². The molecule has 0 radical (unpaired) electrons. The SMILES string of the molecule is CCc1ccc(-c2ccc(Cl)cc2)[nH]1. The van der Waals surface area contributed by atoms with Crippen LogP contribution >= 0.6 is 11.6 Å². The topological polar surface area (TPSA) is 15.8 Å². The van der Waals surface area contributed by atoms with E-state index in [4.69, 9.17) is 11.6 Å². The number of hydrogen-bond acceptors (Lipinski definition) is 0. The summed E-state index contributed by atoms with van der Waals surface area (Å²) in [5.74, 6) is 0. The van der Waals surface area contributed by atoms with E-state index in [1.807, 2.05) is 24.3 Å². The van der Waals surface area contributed by atoms with Crippen LogP contribution in [0.4, 0.5) is 0 Å². The number of hydrogen-bond donors (Lipinski definition) is 1. The molecule has 1 aromatic carbocycles. The molecule has 2 heteroatoms. The zero-order chi connectivity index (χ0) is 9.97. The Labute approximate surface area is 88.7 Å². The molecule has 0 aliphatic rings. The lowest BCUT2D eigenvalue weighted by Crippen LogP contribution is -1.80. The van der Waals surface area contributed by atoms with Gasteiger partial charge in [0.05, 0.1) is 0 Å². The predicted molar refractivity (Wildman–Crippen MR) is 60.6 cm³/mol. The molecule has 0 unspecified atom stereocenters. The van der Waals surface area contributed by atoms with Gasteiger partial charge >= 0.3 is 0 Å². The van der Waals surface area contributed by atoms with Crippen LogP contribution in [0.25, 0.3) is 11.3 Å². The van der Waals surface area contributed by atoms with Crippen molar-refractivity contribution < 1.29 is 0 Å². The number of H-pyrrole nitrogens is 1. The Kier molecular flexibility index (Phi) is 2.60. The van der Waals surface area contributed by atoms with E-state index in [0.717, 1.165) is 17.1 Å². The van der Waals surface area contributed by atoms with Crippen LogP contribution < -0.4 is 0 Å². The molecule has 0 aliphatic carbocycles. The summed E-state index contributed by atoms with van der Waals surface area (Å²) in [7, 11) is 0. The third-order valence-electron chi connectivity index (χ3n) is 2.28. The van der Waals surface area contributed by atoms with Gasteiger partial charge in [-0.15, -0.1) is 0 Å². The van der Waals surface area contributed by atoms with Gasteiger partial charge in [-0.1, -0.05) is 30.7 Å². The van der Waals surface area contributed by atoms with Crippen molar-refractivity contribution in [3.63, 3.8) is 0 Å². The van der Waals surface area contributed by atoms with Gasteiger partial charge in [-0.25, -0.2) is 0 Å². The Balaban J connectivity index is 2.34. The van der Waals surface area contributed by atoms with Crippen LogP contribution in [0.3, 0.4) is 0 Å². The van der Waals surface area contributed by atoms with Crippen molar-refractivity contribution in [1.82, 2.24) is 4.98 Å². The minimum Gasteiger partial charge on any atom is -0.358 e. The molecule has 1 N–H and O–H groups in total. The second-order valence-electron chi connectivity index (χ2n) is 3.26. The summed E-state index contributed by atoms with van der Waals surface area (Å²) in [5, 5.41) is 0.774. The molecule has 14 heavy (non-hydrogen) atoms. The Morgan fingerprint density at radius 1 is 1.07 bits per heavy atom. The lowest BCUT2D eigenvalue weighted by Gasteiger charge is -1.97. The van der Waals surface area contributed by atoms with Gasteiger partial charge in [0.2, 0.25) is 0 Å². The molecule has 0 spiro atoms. The molecule has 0 bridgehead atoms. The van der Waals surface area contributed by atoms with Crippen molar-refractivity contribution in [2.24, 2.45) is 0 Å². The molecule has 0 atom stereocenters. The van der Waals surface area contributed by atoms with Crippen molar-refractivity contribution >= 4 is 11.6 Å². The van der Waals surface area contributed by atoms with Crippen LogP contribution in [0.2, 0.25) is 5.02 Å². The average molecular weight is 206 g/mol. The standard InChI is InChI=1S/C12H12ClN/c1-2-11-7-8-12(14-11)9-3-5-10(13)6-4-9/h3-8,14H,2H2,1H3. The monoisotopic (exact) mass is 205 g/mol. The summed E-state index contributed by atoms with van der Waals surface area (Å²) in [4.78, 5) is 3.36. The maximum atomic E-state index is 5.82. The van der Waals surface area contributed by atoms with Crippen LogP contribution in [0, 0.1) is 0 Å². The van der Waals surface area contributed by atoms with Crippen LogP contribution in [-0.4, -0.2) is 4.98 Å². The zero-order valence-electron chi connectivity index (χ0n) is 8.05. The molecule has 2 aromatic rings. The molecule has 1 heterocycles. The summed E-state index contributed by atoms with van der Waals surface area (Å²) in [6.45, 7) is 2.14. The molecule has 1 nitrogen and oxygen atoms in total. The fourth-order valence-corrected chi connectivity index (χ4v) is 1.57. The molecule has 72 valence electrons. The van der Waals surface area contributed by atoms with Crippen LogP contribution in [0.15, 0.2) is 36.4 Å². The van der Waals surface area contributed by atoms with Crippen molar-refractivity contribution in [2.45, 2.75) is 13.3 Å². The maximum Gasteiger partial charge on any atom is 0.0456 e. The van der Waals surface area contributed by atoms with Crippen molar-refractivity contribution in [3.8, 4) is 11.3 Å². The molecular weight excluding hydrogens is 194 g/mol. The van der Waals surface area contributed by atoms with E-state index in [1.54, 1.807) is 0 Å². The van der Waals surface area contributed by atoms with Gasteiger partial charge in [0.25, 0.3) is 0 Å². The molecule has 0 amide bonds. The maximum absolute atomic E-state index is 5.82. The van der Waals surface area contributed by atoms with Gasteiger partial charge in [0.1, 0.15) is 0 Å². The van der Waals surface area contributed by atoms with Crippen LogP contribution in [0.1, 0.15) is 12.6 Å². The number of nitrogens with one attached hydrogen (secondary N) is 1. The third-order valence-corrected chi connectivity index (χ3v) is 2.53. The van der Waals surface area contributed by atoms with Crippen molar-refractivity contribution in [2.75, 3.05) is 0 Å². The van der Waals surface area contributed by atoms with Gasteiger partial charge < -0.3 is 4.98 Å². The smallest absolute Gasteiger partial charge is 0.0456 e. The Morgan fingerprint density at radius 2 is 1.79 bits per heavy atom. The highest BCUT2D eigenvalue weighted by molar-refractivity contribution is 6.30. The number of rotatable bonds is 2. The summed E-state index contributed by atoms with van der Waals surface area (Å²) in [6.07, 6.45) is 1.04. The molecule has 0 fully saturated rings. The summed E-state index contributed by atoms with van der Waals surface area (Å²) >= 11 is 5.82. The fraction of sp³-hybridized carbons (Fsp3) is 0.167. The molecule has 0 aliphatic heterocycles. The van der Waals surface area contributed by atoms with E-state index in [2.05, 4.69) is 24.0 Å².